The van der Waals surface area contributed by atoms with Crippen molar-refractivity contribution >= 4 is 39.3 Å². The molecule has 2 atom stereocenters. The molecule has 100 valence electrons. The molecule has 1 heterocycles. The Labute approximate surface area is 126 Å². The van der Waals surface area contributed by atoms with Gasteiger partial charge in [-0.15, -0.1) is 0 Å². The van der Waals surface area contributed by atoms with Gasteiger partial charge in [-0.3, -0.25) is 4.90 Å². The van der Waals surface area contributed by atoms with Crippen LogP contribution in [0.25, 0.3) is 0 Å². The number of thioether (sulfide) groups is 1. The topological polar surface area (TPSA) is 29.3 Å². The van der Waals surface area contributed by atoms with Gasteiger partial charge in [0.15, 0.2) is 0 Å². The van der Waals surface area contributed by atoms with Gasteiger partial charge in [0.25, 0.3) is 0 Å². The molecule has 1 fully saturated rings. The summed E-state index contributed by atoms with van der Waals surface area (Å²) in [6.45, 7) is 5.04. The summed E-state index contributed by atoms with van der Waals surface area (Å²) in [7, 11) is 0. The summed E-state index contributed by atoms with van der Waals surface area (Å²) < 4.78 is 1.06. The number of nitrogens with zero attached hydrogens (tertiary/aromatic N) is 1. The Balaban J connectivity index is 2.24. The Morgan fingerprint density at radius 1 is 1.61 bits per heavy atom. The Hall–Kier alpha value is 0.260. The highest BCUT2D eigenvalue weighted by Crippen LogP contribution is 2.32. The van der Waals surface area contributed by atoms with Crippen molar-refractivity contribution in [2.24, 2.45) is 5.73 Å². The average Bonchev–Trinajstić information content (AvgIpc) is 2.35. The van der Waals surface area contributed by atoms with Crippen LogP contribution < -0.4 is 5.73 Å². The minimum absolute atomic E-state index is 0.221. The fourth-order valence-corrected chi connectivity index (χ4v) is 4.03. The van der Waals surface area contributed by atoms with E-state index in [-0.39, 0.29) is 6.04 Å². The van der Waals surface area contributed by atoms with Crippen LogP contribution >= 0.6 is 39.3 Å². The maximum Gasteiger partial charge on any atom is 0.0486 e. The van der Waals surface area contributed by atoms with Crippen molar-refractivity contribution < 1.29 is 0 Å². The Morgan fingerprint density at radius 2 is 2.39 bits per heavy atom. The summed E-state index contributed by atoms with van der Waals surface area (Å²) in [4.78, 5) is 2.45. The molecule has 0 saturated carbocycles. The molecule has 18 heavy (non-hydrogen) atoms. The first-order valence-corrected chi connectivity index (χ1v) is 8.34. The molecular weight excluding hydrogens is 332 g/mol. The van der Waals surface area contributed by atoms with Crippen molar-refractivity contribution in [3.8, 4) is 0 Å². The third kappa shape index (κ3) is 3.42. The Morgan fingerprint density at radius 3 is 3.06 bits per heavy atom. The van der Waals surface area contributed by atoms with E-state index in [9.17, 15) is 0 Å². The summed E-state index contributed by atoms with van der Waals surface area (Å²) in [5.74, 6) is 1.17. The Bertz CT molecular complexity index is 416. The first kappa shape index (κ1) is 14.7. The maximum atomic E-state index is 6.32. The molecule has 2 N–H and O–H groups in total. The van der Waals surface area contributed by atoms with Gasteiger partial charge in [-0.05, 0) is 23.8 Å². The van der Waals surface area contributed by atoms with Gasteiger partial charge in [-0.25, -0.2) is 0 Å². The summed E-state index contributed by atoms with van der Waals surface area (Å²) in [6.07, 6.45) is 0. The van der Waals surface area contributed by atoms with Crippen LogP contribution in [-0.2, 0) is 0 Å². The lowest BCUT2D eigenvalue weighted by molar-refractivity contribution is 0.211. The number of halogens is 2. The molecule has 0 aliphatic carbocycles. The quantitative estimate of drug-likeness (QED) is 0.905. The van der Waals surface area contributed by atoms with Crippen molar-refractivity contribution in [1.82, 2.24) is 4.90 Å². The average molecular weight is 350 g/mol. The van der Waals surface area contributed by atoms with Crippen LogP contribution in [-0.4, -0.2) is 35.5 Å². The maximum absolute atomic E-state index is 6.32. The van der Waals surface area contributed by atoms with Crippen molar-refractivity contribution in [2.45, 2.75) is 18.2 Å². The molecule has 5 heteroatoms. The normalized spacial score (nSPS) is 23.0. The highest BCUT2D eigenvalue weighted by molar-refractivity contribution is 9.10. The van der Waals surface area contributed by atoms with E-state index >= 15 is 0 Å². The third-order valence-electron chi connectivity index (χ3n) is 3.25. The highest BCUT2D eigenvalue weighted by atomic mass is 79.9. The molecular formula is C13H18BrClN2S. The molecule has 1 aromatic carbocycles. The summed E-state index contributed by atoms with van der Waals surface area (Å²) >= 11 is 11.9. The molecule has 2 nitrogen and oxygen atoms in total. The van der Waals surface area contributed by atoms with Gasteiger partial charge in [-0.1, -0.05) is 34.5 Å². The van der Waals surface area contributed by atoms with E-state index in [1.807, 2.05) is 23.9 Å². The monoisotopic (exact) mass is 348 g/mol. The van der Waals surface area contributed by atoms with Gasteiger partial charge in [-0.2, -0.15) is 11.8 Å². The number of benzene rings is 1. The SMILES string of the molecule is CC1CN(C(CN)c2cc(Br)ccc2Cl)CCS1. The van der Waals surface area contributed by atoms with E-state index < -0.39 is 0 Å². The second-order valence-electron chi connectivity index (χ2n) is 4.59. The van der Waals surface area contributed by atoms with Crippen LogP contribution in [0.1, 0.15) is 18.5 Å². The smallest absolute Gasteiger partial charge is 0.0486 e. The first-order chi connectivity index (χ1) is 8.61. The lowest BCUT2D eigenvalue weighted by Gasteiger charge is -2.37. The standard InChI is InChI=1S/C13H18BrClN2S/c1-9-8-17(4-5-18-9)13(7-16)11-6-10(14)2-3-12(11)15/h2-3,6,9,13H,4-5,7-8,16H2,1H3. The van der Waals surface area contributed by atoms with E-state index in [0.29, 0.717) is 11.8 Å². The van der Waals surface area contributed by atoms with Crippen LogP contribution in [0, 0.1) is 0 Å². The number of hydrogen-bond acceptors (Lipinski definition) is 3. The van der Waals surface area contributed by atoms with E-state index in [4.69, 9.17) is 17.3 Å². The molecule has 0 radical (unpaired) electrons. The number of rotatable bonds is 3. The zero-order valence-electron chi connectivity index (χ0n) is 10.4. The predicted octanol–water partition coefficient (Wildman–Crippen LogP) is 3.54. The number of hydrogen-bond donors (Lipinski definition) is 1. The van der Waals surface area contributed by atoms with Crippen LogP contribution in [0.4, 0.5) is 0 Å². The zero-order chi connectivity index (χ0) is 13.1. The van der Waals surface area contributed by atoms with Crippen molar-refractivity contribution in [3.05, 3.63) is 33.3 Å². The van der Waals surface area contributed by atoms with Crippen molar-refractivity contribution in [3.63, 3.8) is 0 Å². The lowest BCUT2D eigenvalue weighted by Crippen LogP contribution is -2.42. The van der Waals surface area contributed by atoms with Crippen LogP contribution in [0.15, 0.2) is 22.7 Å². The number of nitrogens with two attached hydrogens (primary N) is 1. The predicted molar refractivity (Wildman–Crippen MR) is 84.4 cm³/mol. The fourth-order valence-electron chi connectivity index (χ4n) is 2.37. The molecule has 1 aromatic rings. The Kier molecular flexibility index (Phi) is 5.39. The summed E-state index contributed by atoms with van der Waals surface area (Å²) in [5, 5.41) is 1.47. The molecule has 0 aromatic heterocycles. The largest absolute Gasteiger partial charge is 0.329 e. The van der Waals surface area contributed by atoms with Gasteiger partial charge >= 0.3 is 0 Å². The fraction of sp³-hybridized carbons (Fsp3) is 0.538. The van der Waals surface area contributed by atoms with Gasteiger partial charge < -0.3 is 5.73 Å². The molecule has 0 bridgehead atoms. The molecule has 1 aliphatic heterocycles. The van der Waals surface area contributed by atoms with Crippen LogP contribution in [0.3, 0.4) is 0 Å². The van der Waals surface area contributed by atoms with E-state index in [2.05, 4.69) is 33.8 Å². The third-order valence-corrected chi connectivity index (χ3v) is 5.23. The molecule has 0 spiro atoms. The minimum atomic E-state index is 0.221. The van der Waals surface area contributed by atoms with Gasteiger partial charge in [0.2, 0.25) is 0 Å². The highest BCUT2D eigenvalue weighted by Gasteiger charge is 2.25. The first-order valence-electron chi connectivity index (χ1n) is 6.12. The van der Waals surface area contributed by atoms with E-state index in [0.717, 1.165) is 28.1 Å². The summed E-state index contributed by atoms with van der Waals surface area (Å²) in [5.41, 5.74) is 7.11. The zero-order valence-corrected chi connectivity index (χ0v) is 13.6. The van der Waals surface area contributed by atoms with Crippen molar-refractivity contribution in [1.29, 1.82) is 0 Å². The van der Waals surface area contributed by atoms with E-state index in [1.165, 1.54) is 5.75 Å². The second-order valence-corrected chi connectivity index (χ2v) is 7.46. The molecule has 1 saturated heterocycles. The van der Waals surface area contributed by atoms with Crippen LogP contribution in [0.2, 0.25) is 5.02 Å². The van der Waals surface area contributed by atoms with Gasteiger partial charge in [0.1, 0.15) is 0 Å². The molecule has 2 unspecified atom stereocenters. The summed E-state index contributed by atoms with van der Waals surface area (Å²) in [6, 6.07) is 6.21. The second kappa shape index (κ2) is 6.62. The van der Waals surface area contributed by atoms with E-state index in [1.54, 1.807) is 0 Å². The lowest BCUT2D eigenvalue weighted by atomic mass is 10.0. The van der Waals surface area contributed by atoms with Gasteiger partial charge in [0.05, 0.1) is 0 Å². The van der Waals surface area contributed by atoms with Crippen LogP contribution in [0.5, 0.6) is 0 Å². The minimum Gasteiger partial charge on any atom is -0.329 e. The molecule has 0 amide bonds. The van der Waals surface area contributed by atoms with Crippen molar-refractivity contribution in [2.75, 3.05) is 25.4 Å². The molecule has 2 rings (SSSR count). The van der Waals surface area contributed by atoms with Gasteiger partial charge in [0, 0.05) is 46.2 Å². The molecule has 1 aliphatic rings.